The number of rotatable bonds is 63. The maximum absolute atomic E-state index is 12.8. The molecule has 9 nitrogen and oxygen atoms in total. The number of ether oxygens (including phenoxy) is 2. The van der Waals surface area contributed by atoms with Gasteiger partial charge in [0.05, 0.1) is 27.7 Å². The zero-order valence-electron chi connectivity index (χ0n) is 53.3. The van der Waals surface area contributed by atoms with E-state index in [1.165, 1.54) is 225 Å². The number of nitrogens with zero attached hydrogens (tertiary/aromatic N) is 1. The number of quaternary nitrogens is 1. The van der Waals surface area contributed by atoms with Crippen LogP contribution in [0.2, 0.25) is 0 Å². The third-order valence-corrected chi connectivity index (χ3v) is 16.0. The average Bonchev–Trinajstić information content (AvgIpc) is 3.42. The molecule has 0 aromatic heterocycles. The van der Waals surface area contributed by atoms with E-state index < -0.39 is 26.5 Å². The summed E-state index contributed by atoms with van der Waals surface area (Å²) in [5.41, 5.74) is 0. The molecule has 0 aliphatic rings. The van der Waals surface area contributed by atoms with Crippen LogP contribution < -0.4 is 0 Å². The first-order chi connectivity index (χ1) is 39.0. The van der Waals surface area contributed by atoms with E-state index in [1.807, 2.05) is 21.1 Å². The summed E-state index contributed by atoms with van der Waals surface area (Å²) in [5.74, 6) is -0.779. The van der Waals surface area contributed by atoms with E-state index in [-0.39, 0.29) is 25.6 Å². The predicted molar refractivity (Wildman–Crippen MR) is 344 cm³/mol. The molecule has 2 unspecified atom stereocenters. The standard InChI is InChI=1S/C70H130NO8P/c1-6-8-10-12-14-16-18-20-22-23-24-25-26-27-28-29-30-31-32-33-34-35-36-37-38-39-40-41-42-43-44-45-46-47-49-51-53-55-57-59-61-63-70(73)79-68(67-78-80(74,75)77-65-64-71(3,4)5)66-76-69(72)62-60-58-56-54-52-50-48-21-19-17-15-13-11-9-7-2/h8,10,14,16,20,22,24-25,27-28,68H,6-7,9,11-13,15,17-19,21,23,26,29-67H2,1-5H3/p+1/b10-8-,16-14-,22-20-,25-24-,28-27-. The lowest BCUT2D eigenvalue weighted by Gasteiger charge is -2.24. The molecule has 468 valence electrons. The number of allylic oxidation sites excluding steroid dienone is 10. The summed E-state index contributed by atoms with van der Waals surface area (Å²) >= 11 is 0. The summed E-state index contributed by atoms with van der Waals surface area (Å²) in [6.45, 7) is 4.37. The lowest BCUT2D eigenvalue weighted by Crippen LogP contribution is -2.37. The van der Waals surface area contributed by atoms with E-state index in [0.717, 1.165) is 64.2 Å². The third-order valence-electron chi connectivity index (χ3n) is 15.1. The van der Waals surface area contributed by atoms with Gasteiger partial charge in [0.25, 0.3) is 0 Å². The highest BCUT2D eigenvalue weighted by molar-refractivity contribution is 7.47. The molecule has 2 atom stereocenters. The molecule has 0 bridgehead atoms. The van der Waals surface area contributed by atoms with Gasteiger partial charge in [0.1, 0.15) is 19.8 Å². The zero-order valence-corrected chi connectivity index (χ0v) is 54.2. The Hall–Kier alpha value is -2.29. The van der Waals surface area contributed by atoms with Crippen molar-refractivity contribution in [1.82, 2.24) is 0 Å². The monoisotopic (exact) mass is 1140 g/mol. The fourth-order valence-electron chi connectivity index (χ4n) is 9.87. The summed E-state index contributed by atoms with van der Waals surface area (Å²) < 4.78 is 34.6. The van der Waals surface area contributed by atoms with E-state index in [1.54, 1.807) is 0 Å². The van der Waals surface area contributed by atoms with E-state index in [0.29, 0.717) is 23.9 Å². The van der Waals surface area contributed by atoms with Gasteiger partial charge >= 0.3 is 19.8 Å². The Kier molecular flexibility index (Phi) is 59.5. The van der Waals surface area contributed by atoms with Crippen LogP contribution in [-0.2, 0) is 32.7 Å². The van der Waals surface area contributed by atoms with Gasteiger partial charge in [-0.3, -0.25) is 18.6 Å². The highest BCUT2D eigenvalue weighted by Crippen LogP contribution is 2.43. The summed E-state index contributed by atoms with van der Waals surface area (Å²) in [6, 6.07) is 0. The van der Waals surface area contributed by atoms with Gasteiger partial charge in [0.2, 0.25) is 0 Å². The Balaban J connectivity index is 3.87. The minimum atomic E-state index is -4.38. The molecule has 0 aliphatic heterocycles. The number of carbonyl (C=O) groups is 2. The van der Waals surface area contributed by atoms with Crippen LogP contribution in [0, 0.1) is 0 Å². The van der Waals surface area contributed by atoms with Crippen molar-refractivity contribution >= 4 is 19.8 Å². The summed E-state index contributed by atoms with van der Waals surface area (Å²) in [5, 5.41) is 0. The van der Waals surface area contributed by atoms with Crippen molar-refractivity contribution in [3.8, 4) is 0 Å². The number of esters is 2. The van der Waals surface area contributed by atoms with Gasteiger partial charge in [0.15, 0.2) is 6.10 Å². The molecular formula is C70H131NO8P+. The summed E-state index contributed by atoms with van der Waals surface area (Å²) in [4.78, 5) is 35.7. The van der Waals surface area contributed by atoms with E-state index >= 15 is 0 Å². The number of unbranched alkanes of at least 4 members (excludes halogenated alkanes) is 39. The first-order valence-electron chi connectivity index (χ1n) is 34.0. The van der Waals surface area contributed by atoms with Crippen molar-refractivity contribution in [1.29, 1.82) is 0 Å². The van der Waals surface area contributed by atoms with E-state index in [9.17, 15) is 19.0 Å². The van der Waals surface area contributed by atoms with Gasteiger partial charge < -0.3 is 18.9 Å². The van der Waals surface area contributed by atoms with Crippen LogP contribution in [0.3, 0.4) is 0 Å². The molecule has 80 heavy (non-hydrogen) atoms. The Morgan fingerprint density at radius 1 is 0.400 bits per heavy atom. The highest BCUT2D eigenvalue weighted by atomic mass is 31.2. The van der Waals surface area contributed by atoms with E-state index in [4.69, 9.17) is 18.5 Å². The fourth-order valence-corrected chi connectivity index (χ4v) is 10.6. The molecule has 0 spiro atoms. The third kappa shape index (κ3) is 64.9. The average molecular weight is 1150 g/mol. The molecule has 0 heterocycles. The summed E-state index contributed by atoms with van der Waals surface area (Å²) in [7, 11) is 1.49. The predicted octanol–water partition coefficient (Wildman–Crippen LogP) is 21.8. The van der Waals surface area contributed by atoms with Crippen LogP contribution in [0.1, 0.15) is 322 Å². The van der Waals surface area contributed by atoms with Crippen LogP contribution in [0.4, 0.5) is 0 Å². The Morgan fingerprint density at radius 2 is 0.713 bits per heavy atom. The van der Waals surface area contributed by atoms with Crippen LogP contribution in [0.15, 0.2) is 60.8 Å². The Morgan fingerprint density at radius 3 is 1.06 bits per heavy atom. The number of carbonyl (C=O) groups excluding carboxylic acids is 2. The van der Waals surface area contributed by atoms with Gasteiger partial charge in [0, 0.05) is 12.8 Å². The van der Waals surface area contributed by atoms with Crippen LogP contribution in [0.5, 0.6) is 0 Å². The Labute approximate surface area is 496 Å². The first kappa shape index (κ1) is 77.7. The van der Waals surface area contributed by atoms with Gasteiger partial charge in [-0.2, -0.15) is 0 Å². The molecule has 0 aromatic rings. The molecule has 0 saturated heterocycles. The molecular weight excluding hydrogens is 1010 g/mol. The molecule has 0 saturated carbocycles. The van der Waals surface area contributed by atoms with Crippen molar-refractivity contribution in [2.75, 3.05) is 47.5 Å². The maximum atomic E-state index is 12.8. The summed E-state index contributed by atoms with van der Waals surface area (Å²) in [6.07, 6.45) is 80.5. The van der Waals surface area contributed by atoms with Crippen LogP contribution in [-0.4, -0.2) is 74.9 Å². The van der Waals surface area contributed by atoms with E-state index in [2.05, 4.69) is 74.6 Å². The SMILES string of the molecule is CC/C=C\C/C=C\C/C=C\C/C=C\C/C=C\CCCCCCCCCCCCCCCCCCCCCCCCCCCC(=O)OC(COC(=O)CCCCCCCCCCCCCCCCC)COP(=O)(O)OCC[N+](C)(C)C. The Bertz CT molecular complexity index is 1530. The second kappa shape index (κ2) is 61.3. The normalized spacial score (nSPS) is 13.5. The number of phosphoric acid groups is 1. The zero-order chi connectivity index (χ0) is 58.4. The van der Waals surface area contributed by atoms with Crippen molar-refractivity contribution in [3.63, 3.8) is 0 Å². The molecule has 0 rings (SSSR count). The first-order valence-corrected chi connectivity index (χ1v) is 35.5. The van der Waals surface area contributed by atoms with Crippen molar-refractivity contribution < 1.29 is 42.1 Å². The topological polar surface area (TPSA) is 108 Å². The minimum absolute atomic E-state index is 0.0346. The lowest BCUT2D eigenvalue weighted by atomic mass is 10.0. The van der Waals surface area contributed by atoms with Gasteiger partial charge in [-0.05, 0) is 57.8 Å². The highest BCUT2D eigenvalue weighted by Gasteiger charge is 2.27. The molecule has 10 heteroatoms. The van der Waals surface area contributed by atoms with Crippen LogP contribution in [0.25, 0.3) is 0 Å². The number of phosphoric ester groups is 1. The number of likely N-dealkylation sites (N-methyl/N-ethyl adjacent to an activating group) is 1. The largest absolute Gasteiger partial charge is 0.472 e. The lowest BCUT2D eigenvalue weighted by molar-refractivity contribution is -0.870. The van der Waals surface area contributed by atoms with Gasteiger partial charge in [-0.1, -0.05) is 312 Å². The van der Waals surface area contributed by atoms with Crippen molar-refractivity contribution in [3.05, 3.63) is 60.8 Å². The molecule has 0 radical (unpaired) electrons. The van der Waals surface area contributed by atoms with Crippen molar-refractivity contribution in [2.45, 2.75) is 328 Å². The molecule has 0 amide bonds. The molecule has 0 fully saturated rings. The minimum Gasteiger partial charge on any atom is -0.462 e. The second-order valence-corrected chi connectivity index (χ2v) is 25.6. The maximum Gasteiger partial charge on any atom is 0.472 e. The van der Waals surface area contributed by atoms with Gasteiger partial charge in [-0.15, -0.1) is 0 Å². The molecule has 0 aliphatic carbocycles. The quantitative estimate of drug-likeness (QED) is 0.0211. The van der Waals surface area contributed by atoms with Crippen molar-refractivity contribution in [2.24, 2.45) is 0 Å². The number of hydrogen-bond donors (Lipinski definition) is 1. The van der Waals surface area contributed by atoms with Gasteiger partial charge in [-0.25, -0.2) is 4.57 Å². The second-order valence-electron chi connectivity index (χ2n) is 24.2. The number of hydrogen-bond acceptors (Lipinski definition) is 7. The smallest absolute Gasteiger partial charge is 0.462 e. The molecule has 0 aromatic carbocycles. The fraction of sp³-hybridized carbons (Fsp3) is 0.829. The molecule has 1 N–H and O–H groups in total. The van der Waals surface area contributed by atoms with Crippen LogP contribution >= 0.6 is 7.82 Å².